The molecule has 0 saturated heterocycles. The van der Waals surface area contributed by atoms with Gasteiger partial charge in [-0.05, 0) is 24.6 Å². The number of nitrogens with two attached hydrogens (primary N) is 2. The Bertz CT molecular complexity index is 477. The lowest BCUT2D eigenvalue weighted by atomic mass is 10.1. The number of carbonyl (C=O) groups excluding carboxylic acids is 2. The topological polar surface area (TPSA) is 89.4 Å². The van der Waals surface area contributed by atoms with E-state index in [1.165, 1.54) is 11.0 Å². The van der Waals surface area contributed by atoms with Crippen molar-refractivity contribution in [2.45, 2.75) is 19.8 Å². The minimum Gasteiger partial charge on any atom is -0.398 e. The van der Waals surface area contributed by atoms with Crippen molar-refractivity contribution in [1.82, 2.24) is 4.90 Å². The van der Waals surface area contributed by atoms with Crippen LogP contribution in [-0.2, 0) is 4.79 Å². The number of rotatable bonds is 6. The van der Waals surface area contributed by atoms with E-state index >= 15 is 0 Å². The molecule has 19 heavy (non-hydrogen) atoms. The van der Waals surface area contributed by atoms with E-state index in [1.807, 2.05) is 6.92 Å². The van der Waals surface area contributed by atoms with Gasteiger partial charge in [0.2, 0.25) is 5.91 Å². The van der Waals surface area contributed by atoms with Gasteiger partial charge in [-0.3, -0.25) is 9.59 Å². The fourth-order valence-electron chi connectivity index (χ4n) is 1.69. The van der Waals surface area contributed by atoms with E-state index in [1.54, 1.807) is 0 Å². The summed E-state index contributed by atoms with van der Waals surface area (Å²) in [5.74, 6) is -1.51. The molecule has 0 aliphatic carbocycles. The highest BCUT2D eigenvalue weighted by molar-refractivity contribution is 6.00. The molecule has 0 aliphatic rings. The molecule has 5 nitrogen and oxygen atoms in total. The number of benzene rings is 1. The summed E-state index contributed by atoms with van der Waals surface area (Å²) in [6.07, 6.45) is 1.63. The molecule has 0 aromatic heterocycles. The first-order valence-electron chi connectivity index (χ1n) is 6.08. The predicted molar refractivity (Wildman–Crippen MR) is 70.8 cm³/mol. The van der Waals surface area contributed by atoms with Gasteiger partial charge >= 0.3 is 0 Å². The van der Waals surface area contributed by atoms with Crippen LogP contribution in [0.15, 0.2) is 18.2 Å². The highest BCUT2D eigenvalue weighted by atomic mass is 19.1. The molecule has 104 valence electrons. The zero-order valence-corrected chi connectivity index (χ0v) is 10.9. The molecule has 0 radical (unpaired) electrons. The van der Waals surface area contributed by atoms with Gasteiger partial charge in [-0.15, -0.1) is 0 Å². The van der Waals surface area contributed by atoms with Gasteiger partial charge < -0.3 is 16.4 Å². The summed E-state index contributed by atoms with van der Waals surface area (Å²) < 4.78 is 12.9. The zero-order chi connectivity index (χ0) is 14.4. The van der Waals surface area contributed by atoms with Crippen LogP contribution in [-0.4, -0.2) is 29.8 Å². The number of hydrogen-bond acceptors (Lipinski definition) is 3. The van der Waals surface area contributed by atoms with E-state index < -0.39 is 17.6 Å². The van der Waals surface area contributed by atoms with E-state index in [4.69, 9.17) is 11.5 Å². The Morgan fingerprint density at radius 1 is 1.37 bits per heavy atom. The molecule has 1 rings (SSSR count). The van der Waals surface area contributed by atoms with Crippen LogP contribution in [0, 0.1) is 5.82 Å². The molecule has 2 amide bonds. The minimum atomic E-state index is -0.592. The number of nitrogens with zero attached hydrogens (tertiary/aromatic N) is 1. The van der Waals surface area contributed by atoms with Crippen molar-refractivity contribution in [3.05, 3.63) is 29.6 Å². The largest absolute Gasteiger partial charge is 0.398 e. The minimum absolute atomic E-state index is 0.0518. The monoisotopic (exact) mass is 267 g/mol. The van der Waals surface area contributed by atoms with Crippen molar-refractivity contribution >= 4 is 17.5 Å². The molecule has 0 fully saturated rings. The highest BCUT2D eigenvalue weighted by Gasteiger charge is 2.19. The van der Waals surface area contributed by atoms with Crippen molar-refractivity contribution in [3.63, 3.8) is 0 Å². The fourth-order valence-corrected chi connectivity index (χ4v) is 1.69. The van der Waals surface area contributed by atoms with Crippen molar-refractivity contribution in [2.24, 2.45) is 5.73 Å². The maximum Gasteiger partial charge on any atom is 0.256 e. The van der Waals surface area contributed by atoms with Crippen molar-refractivity contribution < 1.29 is 14.0 Å². The first-order valence-corrected chi connectivity index (χ1v) is 6.08. The number of carbonyl (C=O) groups is 2. The van der Waals surface area contributed by atoms with E-state index in [0.717, 1.165) is 25.0 Å². The molecule has 0 bridgehead atoms. The van der Waals surface area contributed by atoms with Crippen LogP contribution in [0.25, 0.3) is 0 Å². The third-order valence-corrected chi connectivity index (χ3v) is 2.66. The molecule has 0 aliphatic heterocycles. The van der Waals surface area contributed by atoms with Gasteiger partial charge in [0.1, 0.15) is 5.82 Å². The molecule has 4 N–H and O–H groups in total. The Kier molecular flexibility index (Phi) is 5.29. The smallest absolute Gasteiger partial charge is 0.256 e. The first kappa shape index (κ1) is 14.9. The molecule has 0 spiro atoms. The van der Waals surface area contributed by atoms with Gasteiger partial charge in [-0.2, -0.15) is 0 Å². The summed E-state index contributed by atoms with van der Waals surface area (Å²) in [5.41, 5.74) is 11.0. The van der Waals surface area contributed by atoms with Crippen LogP contribution in [0.3, 0.4) is 0 Å². The van der Waals surface area contributed by atoms with Crippen LogP contribution < -0.4 is 11.5 Å². The zero-order valence-electron chi connectivity index (χ0n) is 10.9. The quantitative estimate of drug-likeness (QED) is 0.757. The number of primary amides is 1. The molecule has 0 heterocycles. The number of hydrogen-bond donors (Lipinski definition) is 2. The number of halogens is 1. The number of anilines is 1. The Balaban J connectivity index is 2.93. The van der Waals surface area contributed by atoms with E-state index in [0.29, 0.717) is 6.54 Å². The lowest BCUT2D eigenvalue weighted by Gasteiger charge is -2.21. The third-order valence-electron chi connectivity index (χ3n) is 2.66. The molecular weight excluding hydrogens is 249 g/mol. The fraction of sp³-hybridized carbons (Fsp3) is 0.385. The Labute approximate surface area is 111 Å². The van der Waals surface area contributed by atoms with Crippen LogP contribution in [0.5, 0.6) is 0 Å². The summed E-state index contributed by atoms with van der Waals surface area (Å²) in [6.45, 7) is 2.21. The second-order valence-electron chi connectivity index (χ2n) is 4.28. The van der Waals surface area contributed by atoms with Crippen LogP contribution in [0.1, 0.15) is 30.1 Å². The van der Waals surface area contributed by atoms with Crippen LogP contribution in [0.2, 0.25) is 0 Å². The van der Waals surface area contributed by atoms with Crippen LogP contribution >= 0.6 is 0 Å². The Morgan fingerprint density at radius 3 is 2.58 bits per heavy atom. The van der Waals surface area contributed by atoms with E-state index in [2.05, 4.69) is 0 Å². The van der Waals surface area contributed by atoms with E-state index in [9.17, 15) is 14.0 Å². The average molecular weight is 267 g/mol. The normalized spacial score (nSPS) is 10.2. The predicted octanol–water partition coefficient (Wildman–Crippen LogP) is 1.14. The van der Waals surface area contributed by atoms with Gasteiger partial charge in [-0.1, -0.05) is 13.3 Å². The standard InChI is InChI=1S/C13H18FN3O2/c1-2-3-6-17(8-12(16)18)13(19)10-5-4-9(14)7-11(10)15/h4-5,7H,2-3,6,8,15H2,1H3,(H2,16,18). The van der Waals surface area contributed by atoms with Gasteiger partial charge in [0.05, 0.1) is 12.1 Å². The lowest BCUT2D eigenvalue weighted by molar-refractivity contribution is -0.118. The third kappa shape index (κ3) is 4.24. The molecule has 0 atom stereocenters. The molecule has 0 saturated carbocycles. The summed E-state index contributed by atoms with van der Waals surface area (Å²) >= 11 is 0. The molecule has 0 unspecified atom stereocenters. The Hall–Kier alpha value is -2.11. The SMILES string of the molecule is CCCCN(CC(N)=O)C(=O)c1ccc(F)cc1N. The summed E-state index contributed by atoms with van der Waals surface area (Å²) in [6, 6.07) is 3.55. The average Bonchev–Trinajstić information content (AvgIpc) is 2.33. The number of nitrogen functional groups attached to an aromatic ring is 1. The second kappa shape index (κ2) is 6.72. The first-order chi connectivity index (χ1) is 8.95. The molecular formula is C13H18FN3O2. The van der Waals surface area contributed by atoms with Gasteiger partial charge in [0.25, 0.3) is 5.91 Å². The number of unbranched alkanes of at least 4 members (excludes halogenated alkanes) is 1. The maximum absolute atomic E-state index is 12.9. The Morgan fingerprint density at radius 2 is 2.05 bits per heavy atom. The summed E-state index contributed by atoms with van der Waals surface area (Å²) in [5, 5.41) is 0. The van der Waals surface area contributed by atoms with Gasteiger partial charge in [0.15, 0.2) is 0 Å². The van der Waals surface area contributed by atoms with Crippen molar-refractivity contribution in [1.29, 1.82) is 0 Å². The summed E-state index contributed by atoms with van der Waals surface area (Å²) in [4.78, 5) is 24.5. The van der Waals surface area contributed by atoms with Gasteiger partial charge in [0, 0.05) is 12.2 Å². The summed E-state index contributed by atoms with van der Waals surface area (Å²) in [7, 11) is 0. The van der Waals surface area contributed by atoms with Gasteiger partial charge in [-0.25, -0.2) is 4.39 Å². The highest BCUT2D eigenvalue weighted by Crippen LogP contribution is 2.16. The lowest BCUT2D eigenvalue weighted by Crippen LogP contribution is -2.39. The van der Waals surface area contributed by atoms with Crippen molar-refractivity contribution in [3.8, 4) is 0 Å². The van der Waals surface area contributed by atoms with Crippen LogP contribution in [0.4, 0.5) is 10.1 Å². The second-order valence-corrected chi connectivity index (χ2v) is 4.28. The molecule has 1 aromatic rings. The number of amides is 2. The molecule has 6 heteroatoms. The maximum atomic E-state index is 12.9. The van der Waals surface area contributed by atoms with Crippen molar-refractivity contribution in [2.75, 3.05) is 18.8 Å². The molecule has 1 aromatic carbocycles. The van der Waals surface area contributed by atoms with E-state index in [-0.39, 0.29) is 17.8 Å².